The average Bonchev–Trinajstić information content (AvgIpc) is 2.51. The fraction of sp³-hybridized carbons (Fsp3) is 0.263. The van der Waals surface area contributed by atoms with Crippen molar-refractivity contribution in [1.82, 2.24) is 5.48 Å². The summed E-state index contributed by atoms with van der Waals surface area (Å²) in [5.74, 6) is 0.227. The van der Waals surface area contributed by atoms with Crippen LogP contribution in [0, 0.1) is 5.92 Å². The van der Waals surface area contributed by atoms with Gasteiger partial charge in [-0.25, -0.2) is 0 Å². The van der Waals surface area contributed by atoms with Crippen LogP contribution in [0.4, 0.5) is 5.69 Å². The van der Waals surface area contributed by atoms with Gasteiger partial charge in [-0.3, -0.25) is 10.7 Å². The van der Waals surface area contributed by atoms with Gasteiger partial charge in [0.1, 0.15) is 0 Å². The number of benzene rings is 1. The molecule has 0 spiro atoms. The van der Waals surface area contributed by atoms with E-state index in [9.17, 15) is 0 Å². The fourth-order valence-corrected chi connectivity index (χ4v) is 2.06. The summed E-state index contributed by atoms with van der Waals surface area (Å²) >= 11 is 0. The van der Waals surface area contributed by atoms with Crippen molar-refractivity contribution >= 4 is 11.3 Å². The van der Waals surface area contributed by atoms with Crippen LogP contribution in [0.5, 0.6) is 0 Å². The molecule has 0 aromatic heterocycles. The van der Waals surface area contributed by atoms with Crippen LogP contribution in [0.2, 0.25) is 0 Å². The van der Waals surface area contributed by atoms with Gasteiger partial charge in [0.2, 0.25) is 0 Å². The number of rotatable bonds is 7. The van der Waals surface area contributed by atoms with Gasteiger partial charge < -0.3 is 4.90 Å². The Labute approximate surface area is 133 Å². The minimum atomic E-state index is 0.227. The van der Waals surface area contributed by atoms with E-state index in [-0.39, 0.29) is 5.92 Å². The number of hydroxylamine groups is 1. The second-order valence-corrected chi connectivity index (χ2v) is 5.64. The minimum absolute atomic E-state index is 0.227. The maximum absolute atomic E-state index is 8.69. The number of nitrogens with zero attached hydrogens (tertiary/aromatic N) is 1. The van der Waals surface area contributed by atoms with Crippen molar-refractivity contribution in [2.75, 3.05) is 19.0 Å². The van der Waals surface area contributed by atoms with E-state index in [4.69, 9.17) is 5.21 Å². The van der Waals surface area contributed by atoms with E-state index in [0.717, 1.165) is 16.7 Å². The lowest BCUT2D eigenvalue weighted by molar-refractivity contribution is 0.205. The molecule has 118 valence electrons. The van der Waals surface area contributed by atoms with Crippen molar-refractivity contribution in [2.24, 2.45) is 5.92 Å². The van der Waals surface area contributed by atoms with Crippen LogP contribution in [-0.2, 0) is 0 Å². The summed E-state index contributed by atoms with van der Waals surface area (Å²) < 4.78 is 0. The molecule has 3 nitrogen and oxygen atoms in total. The van der Waals surface area contributed by atoms with Crippen LogP contribution in [-0.4, -0.2) is 19.3 Å². The molecule has 1 rings (SSSR count). The monoisotopic (exact) mass is 298 g/mol. The molecule has 0 radical (unpaired) electrons. The number of nitrogens with one attached hydrogen (secondary N) is 1. The fourth-order valence-electron chi connectivity index (χ4n) is 2.06. The van der Waals surface area contributed by atoms with Crippen LogP contribution in [0.1, 0.15) is 19.4 Å². The topological polar surface area (TPSA) is 35.5 Å². The van der Waals surface area contributed by atoms with E-state index in [1.807, 2.05) is 32.6 Å². The number of hydrogen-bond acceptors (Lipinski definition) is 3. The van der Waals surface area contributed by atoms with Crippen molar-refractivity contribution < 1.29 is 5.21 Å². The maximum Gasteiger partial charge on any atom is 0.0530 e. The van der Waals surface area contributed by atoms with Gasteiger partial charge >= 0.3 is 0 Å². The van der Waals surface area contributed by atoms with Gasteiger partial charge in [-0.1, -0.05) is 49.9 Å². The van der Waals surface area contributed by atoms with Crippen molar-refractivity contribution in [3.8, 4) is 0 Å². The highest BCUT2D eigenvalue weighted by molar-refractivity contribution is 5.68. The normalized spacial score (nSPS) is 13.0. The van der Waals surface area contributed by atoms with Crippen LogP contribution in [0.15, 0.2) is 66.9 Å². The average molecular weight is 298 g/mol. The zero-order chi connectivity index (χ0) is 16.7. The molecule has 1 atom stereocenters. The lowest BCUT2D eigenvalue weighted by atomic mass is 9.93. The second-order valence-electron chi connectivity index (χ2n) is 5.64. The molecule has 0 aliphatic rings. The molecule has 1 aromatic carbocycles. The molecule has 0 bridgehead atoms. The van der Waals surface area contributed by atoms with E-state index < -0.39 is 0 Å². The summed E-state index contributed by atoms with van der Waals surface area (Å²) in [5, 5.41) is 8.69. The van der Waals surface area contributed by atoms with E-state index in [1.165, 1.54) is 5.69 Å². The smallest absolute Gasteiger partial charge is 0.0530 e. The quantitative estimate of drug-likeness (QED) is 0.578. The van der Waals surface area contributed by atoms with Crippen molar-refractivity contribution in [1.29, 1.82) is 0 Å². The third kappa shape index (κ3) is 5.26. The summed E-state index contributed by atoms with van der Waals surface area (Å²) in [7, 11) is 4.06. The van der Waals surface area contributed by atoms with Gasteiger partial charge in [0.15, 0.2) is 0 Å². The van der Waals surface area contributed by atoms with E-state index >= 15 is 0 Å². The summed E-state index contributed by atoms with van der Waals surface area (Å²) in [6, 6.07) is 8.40. The lowest BCUT2D eigenvalue weighted by Gasteiger charge is -2.15. The highest BCUT2D eigenvalue weighted by atomic mass is 16.5. The van der Waals surface area contributed by atoms with Crippen molar-refractivity contribution in [3.05, 3.63) is 72.5 Å². The first-order valence-electron chi connectivity index (χ1n) is 7.27. The Kier molecular flexibility index (Phi) is 6.67. The van der Waals surface area contributed by atoms with Gasteiger partial charge in [-0.05, 0) is 42.2 Å². The molecule has 0 saturated heterocycles. The van der Waals surface area contributed by atoms with Crippen molar-refractivity contribution in [3.63, 3.8) is 0 Å². The first-order valence-corrected chi connectivity index (χ1v) is 7.27. The van der Waals surface area contributed by atoms with Gasteiger partial charge in [-0.15, -0.1) is 0 Å². The SMILES string of the molecule is C=C(/C=C/C(C)=C/C(C)C(=C)c1ccc(N(C)C)cc1)NO. The Hall–Kier alpha value is -2.26. The van der Waals surface area contributed by atoms with Gasteiger partial charge in [0, 0.05) is 19.8 Å². The third-order valence-electron chi connectivity index (χ3n) is 3.51. The van der Waals surface area contributed by atoms with Gasteiger partial charge in [0.25, 0.3) is 0 Å². The molecule has 0 heterocycles. The number of hydrogen-bond donors (Lipinski definition) is 2. The molecule has 1 aromatic rings. The summed E-state index contributed by atoms with van der Waals surface area (Å²) in [6.45, 7) is 12.0. The molecular weight excluding hydrogens is 272 g/mol. The lowest BCUT2D eigenvalue weighted by Crippen LogP contribution is -2.08. The van der Waals surface area contributed by atoms with Crippen LogP contribution in [0.25, 0.3) is 5.57 Å². The predicted octanol–water partition coefficient (Wildman–Crippen LogP) is 4.40. The molecule has 0 amide bonds. The zero-order valence-corrected chi connectivity index (χ0v) is 13.9. The molecule has 1 unspecified atom stereocenters. The molecule has 0 saturated carbocycles. The van der Waals surface area contributed by atoms with Crippen molar-refractivity contribution in [2.45, 2.75) is 13.8 Å². The van der Waals surface area contributed by atoms with E-state index in [0.29, 0.717) is 5.70 Å². The Balaban J connectivity index is 2.79. The number of anilines is 1. The molecule has 22 heavy (non-hydrogen) atoms. The first-order chi connectivity index (χ1) is 10.3. The zero-order valence-electron chi connectivity index (χ0n) is 13.9. The first kappa shape index (κ1) is 17.8. The molecular formula is C19H26N2O. The Morgan fingerprint density at radius 1 is 1.18 bits per heavy atom. The van der Waals surface area contributed by atoms with E-state index in [2.05, 4.69) is 55.3 Å². The number of allylic oxidation sites excluding steroid dienone is 5. The van der Waals surface area contributed by atoms with Crippen LogP contribution < -0.4 is 10.4 Å². The molecule has 0 fully saturated rings. The molecule has 2 N–H and O–H groups in total. The highest BCUT2D eigenvalue weighted by Crippen LogP contribution is 2.25. The van der Waals surface area contributed by atoms with Gasteiger partial charge in [0.05, 0.1) is 5.70 Å². The standard InChI is InChI=1S/C19H26N2O/c1-14(7-8-16(3)20-22)13-15(2)17(4)18-9-11-19(12-10-18)21(5)6/h7-13,15,20,22H,3-4H2,1-2,5-6H3/b8-7+,14-13+. The Morgan fingerprint density at radius 3 is 2.27 bits per heavy atom. The Morgan fingerprint density at radius 2 is 1.77 bits per heavy atom. The molecule has 0 aliphatic carbocycles. The highest BCUT2D eigenvalue weighted by Gasteiger charge is 2.07. The molecule has 0 aliphatic heterocycles. The largest absolute Gasteiger partial charge is 0.378 e. The summed E-state index contributed by atoms with van der Waals surface area (Å²) in [6.07, 6.45) is 5.78. The minimum Gasteiger partial charge on any atom is -0.378 e. The summed E-state index contributed by atoms with van der Waals surface area (Å²) in [4.78, 5) is 2.08. The van der Waals surface area contributed by atoms with E-state index in [1.54, 1.807) is 6.08 Å². The third-order valence-corrected chi connectivity index (χ3v) is 3.51. The maximum atomic E-state index is 8.69. The van der Waals surface area contributed by atoms with Gasteiger partial charge in [-0.2, -0.15) is 0 Å². The van der Waals surface area contributed by atoms with Crippen LogP contribution in [0.3, 0.4) is 0 Å². The molecule has 3 heteroatoms. The van der Waals surface area contributed by atoms with Crippen LogP contribution >= 0.6 is 0 Å². The summed E-state index contributed by atoms with van der Waals surface area (Å²) in [5.41, 5.74) is 6.96. The predicted molar refractivity (Wildman–Crippen MR) is 95.9 cm³/mol. The Bertz CT molecular complexity index is 580. The second kappa shape index (κ2) is 8.25.